The number of carbonyl (C=O) groups is 3. The van der Waals surface area contributed by atoms with Gasteiger partial charge in [-0.1, -0.05) is 0 Å². The van der Waals surface area contributed by atoms with Gasteiger partial charge in [-0.2, -0.15) is 0 Å². The van der Waals surface area contributed by atoms with Gasteiger partial charge in [-0.05, 0) is 18.2 Å². The van der Waals surface area contributed by atoms with E-state index in [9.17, 15) is 23.9 Å². The normalized spacial score (nSPS) is 15.5. The summed E-state index contributed by atoms with van der Waals surface area (Å²) in [4.78, 5) is 35.1. The van der Waals surface area contributed by atoms with Crippen molar-refractivity contribution in [3.63, 3.8) is 0 Å². The van der Waals surface area contributed by atoms with Crippen LogP contribution in [0.25, 0.3) is 0 Å². The third kappa shape index (κ3) is 2.29. The van der Waals surface area contributed by atoms with Crippen molar-refractivity contribution in [3.8, 4) is 5.75 Å². The summed E-state index contributed by atoms with van der Waals surface area (Å²) in [7, 11) is 0. The molecule has 1 aliphatic rings. The highest BCUT2D eigenvalue weighted by Crippen LogP contribution is 2.20. The number of hydrogen-bond acceptors (Lipinski definition) is 4. The lowest BCUT2D eigenvalue weighted by molar-refractivity contribution is -0.135. The van der Waals surface area contributed by atoms with Crippen LogP contribution in [0.15, 0.2) is 18.2 Å². The van der Waals surface area contributed by atoms with E-state index in [4.69, 9.17) is 0 Å². The smallest absolute Gasteiger partial charge is 0.258 e. The van der Waals surface area contributed by atoms with Crippen LogP contribution < -0.4 is 5.32 Å². The van der Waals surface area contributed by atoms with Gasteiger partial charge in [-0.15, -0.1) is 0 Å². The SMILES string of the molecule is O=C1CN(C(=O)c2cc(F)ccc2O)CC(=O)N1. The molecule has 0 radical (unpaired) electrons. The molecule has 18 heavy (non-hydrogen) atoms. The Labute approximate surface area is 101 Å². The average molecular weight is 252 g/mol. The molecule has 0 saturated carbocycles. The van der Waals surface area contributed by atoms with E-state index in [1.165, 1.54) is 0 Å². The second kappa shape index (κ2) is 4.44. The van der Waals surface area contributed by atoms with E-state index in [0.29, 0.717) is 0 Å². The van der Waals surface area contributed by atoms with Gasteiger partial charge in [-0.25, -0.2) is 4.39 Å². The lowest BCUT2D eigenvalue weighted by Crippen LogP contribution is -2.53. The van der Waals surface area contributed by atoms with Crippen LogP contribution in [0.5, 0.6) is 5.75 Å². The van der Waals surface area contributed by atoms with Gasteiger partial charge in [0, 0.05) is 0 Å². The van der Waals surface area contributed by atoms with Crippen molar-refractivity contribution >= 4 is 17.7 Å². The fourth-order valence-electron chi connectivity index (χ4n) is 1.63. The number of nitrogens with one attached hydrogen (secondary N) is 1. The van der Waals surface area contributed by atoms with Gasteiger partial charge >= 0.3 is 0 Å². The molecule has 1 heterocycles. The molecule has 1 aromatic rings. The van der Waals surface area contributed by atoms with Crippen molar-refractivity contribution in [1.82, 2.24) is 10.2 Å². The Bertz CT molecular complexity index is 528. The molecule has 0 aliphatic carbocycles. The number of carbonyl (C=O) groups excluding carboxylic acids is 3. The summed E-state index contributed by atoms with van der Waals surface area (Å²) in [5.74, 6) is -3.09. The molecule has 0 atom stereocenters. The zero-order valence-electron chi connectivity index (χ0n) is 9.14. The Morgan fingerprint density at radius 2 is 1.89 bits per heavy atom. The van der Waals surface area contributed by atoms with Crippen LogP contribution >= 0.6 is 0 Å². The highest BCUT2D eigenvalue weighted by Gasteiger charge is 2.28. The fraction of sp³-hybridized carbons (Fsp3) is 0.182. The molecule has 2 rings (SSSR count). The maximum atomic E-state index is 13.0. The number of halogens is 1. The maximum absolute atomic E-state index is 13.0. The summed E-state index contributed by atoms with van der Waals surface area (Å²) in [6.45, 7) is -0.610. The summed E-state index contributed by atoms with van der Waals surface area (Å²) >= 11 is 0. The molecule has 1 saturated heterocycles. The number of benzene rings is 1. The lowest BCUT2D eigenvalue weighted by Gasteiger charge is -2.25. The standard InChI is InChI=1S/C11H9FN2O4/c12-6-1-2-8(15)7(3-6)11(18)14-4-9(16)13-10(17)5-14/h1-3,15H,4-5H2,(H,13,16,17). The minimum absolute atomic E-state index is 0.280. The Morgan fingerprint density at radius 1 is 1.28 bits per heavy atom. The molecule has 0 aromatic heterocycles. The highest BCUT2D eigenvalue weighted by molar-refractivity contribution is 6.06. The maximum Gasteiger partial charge on any atom is 0.258 e. The number of hydrogen-bond donors (Lipinski definition) is 2. The molecule has 7 heteroatoms. The first-order valence-corrected chi connectivity index (χ1v) is 5.08. The predicted octanol–water partition coefficient (Wildman–Crippen LogP) is -0.370. The van der Waals surface area contributed by atoms with E-state index < -0.39 is 29.3 Å². The van der Waals surface area contributed by atoms with E-state index in [-0.39, 0.29) is 18.7 Å². The van der Waals surface area contributed by atoms with Crippen LogP contribution in [0.4, 0.5) is 4.39 Å². The minimum Gasteiger partial charge on any atom is -0.507 e. The largest absolute Gasteiger partial charge is 0.507 e. The first-order valence-electron chi connectivity index (χ1n) is 5.08. The Hall–Kier alpha value is -2.44. The quantitative estimate of drug-likeness (QED) is 0.668. The van der Waals surface area contributed by atoms with Gasteiger partial charge in [0.25, 0.3) is 5.91 Å². The Kier molecular flexibility index (Phi) is 2.97. The molecule has 0 unspecified atom stereocenters. The lowest BCUT2D eigenvalue weighted by atomic mass is 10.1. The number of piperazine rings is 1. The number of amides is 3. The second-order valence-corrected chi connectivity index (χ2v) is 3.79. The molecule has 2 N–H and O–H groups in total. The molecule has 0 bridgehead atoms. The Morgan fingerprint density at radius 3 is 2.50 bits per heavy atom. The van der Waals surface area contributed by atoms with E-state index in [2.05, 4.69) is 0 Å². The van der Waals surface area contributed by atoms with E-state index in [1.807, 2.05) is 5.32 Å². The number of phenolic OH excluding ortho intramolecular Hbond substituents is 1. The summed E-state index contributed by atoms with van der Waals surface area (Å²) in [5, 5.41) is 11.5. The van der Waals surface area contributed by atoms with Crippen molar-refractivity contribution < 1.29 is 23.9 Å². The van der Waals surface area contributed by atoms with Gasteiger partial charge in [-0.3, -0.25) is 19.7 Å². The third-order valence-corrected chi connectivity index (χ3v) is 2.42. The minimum atomic E-state index is -0.768. The van der Waals surface area contributed by atoms with Crippen LogP contribution in [0.2, 0.25) is 0 Å². The third-order valence-electron chi connectivity index (χ3n) is 2.42. The monoisotopic (exact) mass is 252 g/mol. The molecule has 0 spiro atoms. The van der Waals surface area contributed by atoms with Gasteiger partial charge < -0.3 is 10.0 Å². The van der Waals surface area contributed by atoms with Crippen LogP contribution in [-0.2, 0) is 9.59 Å². The number of nitrogens with zero attached hydrogens (tertiary/aromatic N) is 1. The zero-order chi connectivity index (χ0) is 13.3. The summed E-state index contributed by atoms with van der Waals surface area (Å²) in [6.07, 6.45) is 0. The van der Waals surface area contributed by atoms with Gasteiger partial charge in [0.15, 0.2) is 0 Å². The zero-order valence-corrected chi connectivity index (χ0v) is 9.14. The van der Waals surface area contributed by atoms with Crippen molar-refractivity contribution in [2.24, 2.45) is 0 Å². The topological polar surface area (TPSA) is 86.7 Å². The molecular weight excluding hydrogens is 243 g/mol. The number of phenols is 1. The Balaban J connectivity index is 2.28. The summed E-state index contributed by atoms with van der Waals surface area (Å²) in [5.41, 5.74) is -0.280. The predicted molar refractivity (Wildman–Crippen MR) is 57.1 cm³/mol. The van der Waals surface area contributed by atoms with Crippen molar-refractivity contribution in [2.45, 2.75) is 0 Å². The van der Waals surface area contributed by atoms with Crippen LogP contribution in [0.1, 0.15) is 10.4 Å². The number of imide groups is 1. The van der Waals surface area contributed by atoms with E-state index >= 15 is 0 Å². The fourth-order valence-corrected chi connectivity index (χ4v) is 1.63. The molecule has 1 aliphatic heterocycles. The van der Waals surface area contributed by atoms with E-state index in [0.717, 1.165) is 23.1 Å². The van der Waals surface area contributed by atoms with Crippen LogP contribution in [0.3, 0.4) is 0 Å². The number of rotatable bonds is 1. The van der Waals surface area contributed by atoms with Gasteiger partial charge in [0.05, 0.1) is 5.56 Å². The van der Waals surface area contributed by atoms with Crippen molar-refractivity contribution in [3.05, 3.63) is 29.6 Å². The number of aromatic hydroxyl groups is 1. The van der Waals surface area contributed by atoms with Crippen LogP contribution in [-0.4, -0.2) is 40.8 Å². The average Bonchev–Trinajstić information content (AvgIpc) is 2.30. The van der Waals surface area contributed by atoms with E-state index in [1.54, 1.807) is 0 Å². The molecular formula is C11H9FN2O4. The highest BCUT2D eigenvalue weighted by atomic mass is 19.1. The molecule has 6 nitrogen and oxygen atoms in total. The molecule has 1 fully saturated rings. The summed E-state index contributed by atoms with van der Waals surface area (Å²) < 4.78 is 13.0. The summed E-state index contributed by atoms with van der Waals surface area (Å²) in [6, 6.07) is 2.89. The first kappa shape index (κ1) is 12.0. The molecule has 94 valence electrons. The molecule has 1 aromatic carbocycles. The van der Waals surface area contributed by atoms with Gasteiger partial charge in [0.2, 0.25) is 11.8 Å². The van der Waals surface area contributed by atoms with Crippen molar-refractivity contribution in [2.75, 3.05) is 13.1 Å². The van der Waals surface area contributed by atoms with Crippen molar-refractivity contribution in [1.29, 1.82) is 0 Å². The van der Waals surface area contributed by atoms with Gasteiger partial charge in [0.1, 0.15) is 24.7 Å². The first-order chi connectivity index (χ1) is 8.47. The second-order valence-electron chi connectivity index (χ2n) is 3.79. The molecule has 3 amide bonds. The van der Waals surface area contributed by atoms with Crippen LogP contribution in [0, 0.1) is 5.82 Å².